The second-order valence-corrected chi connectivity index (χ2v) is 6.87. The van der Waals surface area contributed by atoms with Crippen molar-refractivity contribution in [3.8, 4) is 5.88 Å². The predicted octanol–water partition coefficient (Wildman–Crippen LogP) is 3.44. The topological polar surface area (TPSA) is 94.1 Å². The van der Waals surface area contributed by atoms with Crippen LogP contribution in [0.5, 0.6) is 5.88 Å². The van der Waals surface area contributed by atoms with Crippen LogP contribution in [-0.2, 0) is 11.2 Å². The highest BCUT2D eigenvalue weighted by atomic mass is 19.4. The number of rotatable bonds is 8. The van der Waals surface area contributed by atoms with Gasteiger partial charge in [-0.15, -0.1) is 0 Å². The van der Waals surface area contributed by atoms with Gasteiger partial charge in [0.1, 0.15) is 17.3 Å². The zero-order valence-electron chi connectivity index (χ0n) is 17.1. The van der Waals surface area contributed by atoms with Crippen molar-refractivity contribution in [1.29, 1.82) is 0 Å². The molecule has 0 aliphatic heterocycles. The monoisotopic (exact) mass is 424 g/mol. The summed E-state index contributed by atoms with van der Waals surface area (Å²) >= 11 is 0. The number of aromatic nitrogens is 3. The van der Waals surface area contributed by atoms with Gasteiger partial charge < -0.3 is 10.1 Å². The number of ether oxygens (including phenoxy) is 1. The van der Waals surface area contributed by atoms with E-state index >= 15 is 0 Å². The molecule has 1 unspecified atom stereocenters. The van der Waals surface area contributed by atoms with Crippen LogP contribution in [-0.4, -0.2) is 39.4 Å². The number of aryl methyl sites for hydroxylation is 2. The first kappa shape index (κ1) is 23.2. The molecule has 0 radical (unpaired) electrons. The molecule has 2 aromatic rings. The molecule has 0 spiro atoms. The van der Waals surface area contributed by atoms with E-state index in [2.05, 4.69) is 25.0 Å². The number of alkyl halides is 3. The summed E-state index contributed by atoms with van der Waals surface area (Å²) in [5, 5.41) is 2.76. The first-order chi connectivity index (χ1) is 14.0. The van der Waals surface area contributed by atoms with Crippen LogP contribution in [0.1, 0.15) is 59.4 Å². The van der Waals surface area contributed by atoms with Crippen LogP contribution in [0.4, 0.5) is 13.2 Å². The van der Waals surface area contributed by atoms with E-state index in [4.69, 9.17) is 0 Å². The molecule has 0 aliphatic carbocycles. The number of hydrogen-bond acceptors (Lipinski definition) is 6. The fourth-order valence-electron chi connectivity index (χ4n) is 2.60. The SMILES string of the molecule is CCC(=O)Cc1nc(C)cc(C(=O)NC(C)c2cnc(OCC(F)(F)F)c(C)c2)n1. The number of carbonyl (C=O) groups is 2. The minimum absolute atomic E-state index is 0.0327. The predicted molar refractivity (Wildman–Crippen MR) is 102 cm³/mol. The number of nitrogens with one attached hydrogen (secondary N) is 1. The van der Waals surface area contributed by atoms with Gasteiger partial charge in [0.25, 0.3) is 5.91 Å². The highest BCUT2D eigenvalue weighted by Crippen LogP contribution is 2.22. The van der Waals surface area contributed by atoms with E-state index in [0.29, 0.717) is 23.2 Å². The minimum Gasteiger partial charge on any atom is -0.468 e. The normalized spacial score (nSPS) is 12.4. The maximum Gasteiger partial charge on any atom is 0.422 e. The molecular weight excluding hydrogens is 401 g/mol. The van der Waals surface area contributed by atoms with Gasteiger partial charge >= 0.3 is 6.18 Å². The Kier molecular flexibility index (Phi) is 7.47. The molecule has 0 fully saturated rings. The fourth-order valence-corrected chi connectivity index (χ4v) is 2.60. The van der Waals surface area contributed by atoms with Crippen LogP contribution in [0, 0.1) is 13.8 Å². The standard InChI is InChI=1S/C20H23F3N4O3/c1-5-15(28)8-17-25-12(3)7-16(27-17)18(29)26-13(4)14-6-11(2)19(24-9-14)30-10-20(21,22)23/h6-7,9,13H,5,8,10H2,1-4H3,(H,26,29). The van der Waals surface area contributed by atoms with E-state index in [1.54, 1.807) is 33.8 Å². The smallest absolute Gasteiger partial charge is 0.422 e. The van der Waals surface area contributed by atoms with E-state index < -0.39 is 24.7 Å². The van der Waals surface area contributed by atoms with Crippen LogP contribution in [0.15, 0.2) is 18.3 Å². The molecule has 0 aromatic carbocycles. The molecule has 7 nitrogen and oxygen atoms in total. The second-order valence-electron chi connectivity index (χ2n) is 6.87. The lowest BCUT2D eigenvalue weighted by molar-refractivity contribution is -0.154. The van der Waals surface area contributed by atoms with Crippen LogP contribution in [0.2, 0.25) is 0 Å². The van der Waals surface area contributed by atoms with Crippen LogP contribution < -0.4 is 10.1 Å². The molecule has 0 saturated heterocycles. The Bertz CT molecular complexity index is 932. The summed E-state index contributed by atoms with van der Waals surface area (Å²) in [6.07, 6.45) is -2.70. The molecule has 2 heterocycles. The Morgan fingerprint density at radius 1 is 1.20 bits per heavy atom. The maximum absolute atomic E-state index is 12.6. The van der Waals surface area contributed by atoms with Crippen LogP contribution in [0.25, 0.3) is 0 Å². The molecule has 2 aromatic heterocycles. The molecule has 10 heteroatoms. The summed E-state index contributed by atoms with van der Waals surface area (Å²) < 4.78 is 41.6. The van der Waals surface area contributed by atoms with Crippen molar-refractivity contribution in [2.75, 3.05) is 6.61 Å². The molecule has 0 bridgehead atoms. The first-order valence-electron chi connectivity index (χ1n) is 9.31. The van der Waals surface area contributed by atoms with Crippen molar-refractivity contribution in [2.45, 2.75) is 52.8 Å². The fraction of sp³-hybridized carbons (Fsp3) is 0.450. The van der Waals surface area contributed by atoms with Gasteiger partial charge in [-0.2, -0.15) is 13.2 Å². The Morgan fingerprint density at radius 2 is 1.90 bits per heavy atom. The summed E-state index contributed by atoms with van der Waals surface area (Å²) in [5.41, 5.74) is 1.69. The Labute approximate surface area is 172 Å². The number of carbonyl (C=O) groups excluding carboxylic acids is 2. The summed E-state index contributed by atoms with van der Waals surface area (Å²) in [5.74, 6) is -0.336. The van der Waals surface area contributed by atoms with Gasteiger partial charge in [0.05, 0.1) is 12.5 Å². The molecule has 0 saturated carbocycles. The molecule has 1 amide bonds. The highest BCUT2D eigenvalue weighted by Gasteiger charge is 2.29. The van der Waals surface area contributed by atoms with E-state index in [1.165, 1.54) is 12.3 Å². The average molecular weight is 424 g/mol. The molecule has 162 valence electrons. The molecule has 2 rings (SSSR count). The minimum atomic E-state index is -4.45. The molecule has 30 heavy (non-hydrogen) atoms. The highest BCUT2D eigenvalue weighted by molar-refractivity contribution is 5.92. The van der Waals surface area contributed by atoms with Crippen LogP contribution in [0.3, 0.4) is 0 Å². The van der Waals surface area contributed by atoms with Crippen molar-refractivity contribution in [1.82, 2.24) is 20.3 Å². The van der Waals surface area contributed by atoms with Gasteiger partial charge in [-0.05, 0) is 38.5 Å². The number of pyridine rings is 1. The number of Topliss-reactive ketones (excluding diaryl/α,β-unsaturated/α-hetero) is 1. The zero-order valence-corrected chi connectivity index (χ0v) is 17.1. The maximum atomic E-state index is 12.6. The van der Waals surface area contributed by atoms with Crippen molar-refractivity contribution in [3.63, 3.8) is 0 Å². The van der Waals surface area contributed by atoms with Crippen molar-refractivity contribution in [2.24, 2.45) is 0 Å². The van der Waals surface area contributed by atoms with Gasteiger partial charge in [-0.3, -0.25) is 9.59 Å². The molecule has 0 aliphatic rings. The molecule has 1 atom stereocenters. The third kappa shape index (κ3) is 6.78. The van der Waals surface area contributed by atoms with Crippen molar-refractivity contribution < 1.29 is 27.5 Å². The Balaban J connectivity index is 2.10. The number of amides is 1. The number of hydrogen-bond donors (Lipinski definition) is 1. The third-order valence-corrected chi connectivity index (χ3v) is 4.15. The number of ketones is 1. The van der Waals surface area contributed by atoms with Gasteiger partial charge in [-0.25, -0.2) is 15.0 Å². The summed E-state index contributed by atoms with van der Waals surface area (Å²) in [7, 11) is 0. The van der Waals surface area contributed by atoms with E-state index in [1.807, 2.05) is 0 Å². The largest absolute Gasteiger partial charge is 0.468 e. The summed E-state index contributed by atoms with van der Waals surface area (Å²) in [6.45, 7) is 5.29. The van der Waals surface area contributed by atoms with Gasteiger partial charge in [-0.1, -0.05) is 6.92 Å². The van der Waals surface area contributed by atoms with Crippen molar-refractivity contribution >= 4 is 11.7 Å². The van der Waals surface area contributed by atoms with E-state index in [9.17, 15) is 22.8 Å². The van der Waals surface area contributed by atoms with Gasteiger partial charge in [0, 0.05) is 23.9 Å². The summed E-state index contributed by atoms with van der Waals surface area (Å²) in [4.78, 5) is 36.5. The zero-order chi connectivity index (χ0) is 22.5. The molecular formula is C20H23F3N4O3. The lowest BCUT2D eigenvalue weighted by atomic mass is 10.1. The lowest BCUT2D eigenvalue weighted by Gasteiger charge is -2.16. The van der Waals surface area contributed by atoms with Gasteiger partial charge in [0.2, 0.25) is 5.88 Å². The van der Waals surface area contributed by atoms with E-state index in [0.717, 1.165) is 0 Å². The summed E-state index contributed by atoms with van der Waals surface area (Å²) in [6, 6.07) is 2.62. The third-order valence-electron chi connectivity index (χ3n) is 4.15. The second kappa shape index (κ2) is 9.64. The van der Waals surface area contributed by atoms with Gasteiger partial charge in [0.15, 0.2) is 6.61 Å². The number of halogens is 3. The van der Waals surface area contributed by atoms with E-state index in [-0.39, 0.29) is 29.6 Å². The van der Waals surface area contributed by atoms with Crippen molar-refractivity contribution in [3.05, 3.63) is 46.7 Å². The number of nitrogens with zero attached hydrogens (tertiary/aromatic N) is 3. The first-order valence-corrected chi connectivity index (χ1v) is 9.31. The average Bonchev–Trinajstić information content (AvgIpc) is 2.65. The quantitative estimate of drug-likeness (QED) is 0.698. The van der Waals surface area contributed by atoms with Crippen LogP contribution >= 0.6 is 0 Å². The molecule has 1 N–H and O–H groups in total. The Hall–Kier alpha value is -3.04. The Morgan fingerprint density at radius 3 is 2.50 bits per heavy atom. The lowest BCUT2D eigenvalue weighted by Crippen LogP contribution is -2.28.